The number of hydrogen-bond acceptors (Lipinski definition) is 5. The Kier molecular flexibility index (Phi) is 4.35. The lowest BCUT2D eigenvalue weighted by Gasteiger charge is -2.52. The molecule has 0 radical (unpaired) electrons. The number of fused-ring (bicyclic) bond motifs is 5. The summed E-state index contributed by atoms with van der Waals surface area (Å²) in [6.07, 6.45) is 9.90. The Morgan fingerprint density at radius 1 is 1.09 bits per heavy atom. The number of nitrogens with two attached hydrogens (primary N) is 1. The minimum atomic E-state index is 0.101. The van der Waals surface area contributed by atoms with E-state index in [0.717, 1.165) is 61.9 Å². The highest BCUT2D eigenvalue weighted by atomic mass is 15.3. The van der Waals surface area contributed by atoms with Gasteiger partial charge in [-0.05, 0) is 74.6 Å². The molecular weight excluding hydrogens is 396 g/mol. The molecule has 2 aromatic heterocycles. The number of nitriles is 1. The molecule has 4 aliphatic rings. The van der Waals surface area contributed by atoms with Gasteiger partial charge in [-0.25, -0.2) is 0 Å². The Labute approximate surface area is 189 Å². The fourth-order valence-electron chi connectivity index (χ4n) is 6.33. The third kappa shape index (κ3) is 2.95. The van der Waals surface area contributed by atoms with Crippen LogP contribution in [0.1, 0.15) is 68.0 Å². The van der Waals surface area contributed by atoms with Gasteiger partial charge >= 0.3 is 0 Å². The highest BCUT2D eigenvalue weighted by Crippen LogP contribution is 2.52. The molecule has 3 saturated carbocycles. The second-order valence-corrected chi connectivity index (χ2v) is 10.2. The van der Waals surface area contributed by atoms with Crippen LogP contribution in [-0.4, -0.2) is 20.3 Å². The molecule has 164 valence electrons. The number of hydrogen-bond donors (Lipinski definition) is 1. The number of anilines is 1. The van der Waals surface area contributed by atoms with Gasteiger partial charge < -0.3 is 10.6 Å². The maximum absolute atomic E-state index is 9.51. The van der Waals surface area contributed by atoms with Crippen molar-refractivity contribution in [2.75, 3.05) is 4.90 Å². The van der Waals surface area contributed by atoms with E-state index in [2.05, 4.69) is 39.7 Å². The van der Waals surface area contributed by atoms with Gasteiger partial charge in [0, 0.05) is 41.5 Å². The fourth-order valence-corrected chi connectivity index (χ4v) is 6.33. The molecule has 0 spiro atoms. The summed E-state index contributed by atoms with van der Waals surface area (Å²) < 4.78 is 2.34. The fraction of sp³-hybridized carbons (Fsp3) is 0.500. The van der Waals surface area contributed by atoms with E-state index in [0.29, 0.717) is 11.0 Å². The standard InChI is InChI=1S/C26H30N6/c1-2-21-20-15-31(22-6-5-18(14-27)24-19(22)4-3-13-29-24)16-23(20)32(30-21)17-25-7-10-26(28,11-8-25)12-9-25/h3-6,13H,2,7-12,15-17,28H2,1H3. The van der Waals surface area contributed by atoms with Crippen molar-refractivity contribution in [1.82, 2.24) is 14.8 Å². The van der Waals surface area contributed by atoms with Crippen LogP contribution in [0.2, 0.25) is 0 Å². The maximum Gasteiger partial charge on any atom is 0.101 e. The van der Waals surface area contributed by atoms with Crippen LogP contribution in [-0.2, 0) is 26.1 Å². The lowest BCUT2D eigenvalue weighted by molar-refractivity contribution is 0.0264. The van der Waals surface area contributed by atoms with Crippen LogP contribution in [0.3, 0.4) is 0 Å². The predicted molar refractivity (Wildman–Crippen MR) is 125 cm³/mol. The summed E-state index contributed by atoms with van der Waals surface area (Å²) in [6, 6.07) is 10.3. The zero-order chi connectivity index (χ0) is 21.9. The van der Waals surface area contributed by atoms with E-state index in [9.17, 15) is 5.26 Å². The van der Waals surface area contributed by atoms with E-state index in [4.69, 9.17) is 10.8 Å². The molecule has 3 aliphatic carbocycles. The van der Waals surface area contributed by atoms with Crippen LogP contribution in [0.15, 0.2) is 30.5 Å². The minimum Gasteiger partial charge on any atom is -0.361 e. The van der Waals surface area contributed by atoms with Gasteiger partial charge in [-0.1, -0.05) is 6.92 Å². The summed E-state index contributed by atoms with van der Waals surface area (Å²) in [7, 11) is 0. The number of aromatic nitrogens is 3. The predicted octanol–water partition coefficient (Wildman–Crippen LogP) is 4.44. The Morgan fingerprint density at radius 2 is 1.88 bits per heavy atom. The van der Waals surface area contributed by atoms with Gasteiger partial charge in [-0.2, -0.15) is 10.4 Å². The highest BCUT2D eigenvalue weighted by molar-refractivity contribution is 5.95. The first kappa shape index (κ1) is 19.8. The van der Waals surface area contributed by atoms with Gasteiger partial charge in [0.25, 0.3) is 0 Å². The Hall–Kier alpha value is -2.91. The highest BCUT2D eigenvalue weighted by Gasteiger charge is 2.47. The van der Waals surface area contributed by atoms with Crippen molar-refractivity contribution in [3.8, 4) is 6.07 Å². The average Bonchev–Trinajstić information content (AvgIpc) is 3.39. The van der Waals surface area contributed by atoms with Gasteiger partial charge in [-0.3, -0.25) is 9.67 Å². The Morgan fingerprint density at radius 3 is 2.59 bits per heavy atom. The third-order valence-electron chi connectivity index (χ3n) is 8.43. The third-order valence-corrected chi connectivity index (χ3v) is 8.43. The molecule has 2 N–H and O–H groups in total. The molecule has 0 amide bonds. The topological polar surface area (TPSA) is 83.8 Å². The summed E-state index contributed by atoms with van der Waals surface area (Å²) in [4.78, 5) is 6.93. The number of rotatable bonds is 4. The SMILES string of the molecule is CCc1nn(CC23CCC(N)(CC2)CC3)c2c1CN(c1ccc(C#N)c3ncccc13)C2. The summed E-state index contributed by atoms with van der Waals surface area (Å²) >= 11 is 0. The first-order valence-electron chi connectivity index (χ1n) is 11.9. The van der Waals surface area contributed by atoms with Crippen LogP contribution in [0.5, 0.6) is 0 Å². The molecule has 7 rings (SSSR count). The van der Waals surface area contributed by atoms with E-state index >= 15 is 0 Å². The van der Waals surface area contributed by atoms with E-state index in [1.54, 1.807) is 6.20 Å². The average molecular weight is 427 g/mol. The Balaban J connectivity index is 1.34. The summed E-state index contributed by atoms with van der Waals surface area (Å²) in [6.45, 7) is 4.95. The van der Waals surface area contributed by atoms with Crippen LogP contribution < -0.4 is 10.6 Å². The van der Waals surface area contributed by atoms with E-state index in [1.165, 1.54) is 36.2 Å². The quantitative estimate of drug-likeness (QED) is 0.667. The van der Waals surface area contributed by atoms with Gasteiger partial charge in [0.2, 0.25) is 0 Å². The molecular formula is C26H30N6. The molecule has 0 atom stereocenters. The molecule has 6 heteroatoms. The van der Waals surface area contributed by atoms with Crippen LogP contribution in [0.4, 0.5) is 5.69 Å². The summed E-state index contributed by atoms with van der Waals surface area (Å²) in [5.74, 6) is 0. The molecule has 3 aromatic rings. The lowest BCUT2D eigenvalue weighted by atomic mass is 9.57. The molecule has 3 fully saturated rings. The van der Waals surface area contributed by atoms with Crippen molar-refractivity contribution in [3.05, 3.63) is 53.0 Å². The minimum absolute atomic E-state index is 0.101. The molecule has 1 aromatic carbocycles. The molecule has 0 saturated heterocycles. The summed E-state index contributed by atoms with van der Waals surface area (Å²) in [5, 5.41) is 15.6. The van der Waals surface area contributed by atoms with Gasteiger partial charge in [-0.15, -0.1) is 0 Å². The van der Waals surface area contributed by atoms with Crippen molar-refractivity contribution < 1.29 is 0 Å². The van der Waals surface area contributed by atoms with Gasteiger partial charge in [0.15, 0.2) is 0 Å². The van der Waals surface area contributed by atoms with E-state index in [1.807, 2.05) is 12.1 Å². The monoisotopic (exact) mass is 426 g/mol. The smallest absolute Gasteiger partial charge is 0.101 e. The molecule has 3 heterocycles. The van der Waals surface area contributed by atoms with E-state index < -0.39 is 0 Å². The molecule has 1 aliphatic heterocycles. The molecule has 32 heavy (non-hydrogen) atoms. The van der Waals surface area contributed by atoms with Crippen LogP contribution in [0.25, 0.3) is 10.9 Å². The van der Waals surface area contributed by atoms with Gasteiger partial charge in [0.05, 0.1) is 29.0 Å². The number of pyridine rings is 1. The van der Waals surface area contributed by atoms with Crippen LogP contribution >= 0.6 is 0 Å². The molecule has 0 unspecified atom stereocenters. The second kappa shape index (κ2) is 7.05. The Bertz CT molecular complexity index is 1220. The first-order valence-corrected chi connectivity index (χ1v) is 11.9. The summed E-state index contributed by atoms with van der Waals surface area (Å²) in [5.41, 5.74) is 13.6. The van der Waals surface area contributed by atoms with Gasteiger partial charge in [0.1, 0.15) is 6.07 Å². The van der Waals surface area contributed by atoms with Crippen molar-refractivity contribution in [2.24, 2.45) is 11.1 Å². The van der Waals surface area contributed by atoms with E-state index in [-0.39, 0.29) is 5.54 Å². The number of nitrogens with zero attached hydrogens (tertiary/aromatic N) is 5. The first-order chi connectivity index (χ1) is 15.5. The van der Waals surface area contributed by atoms with Crippen molar-refractivity contribution in [2.45, 2.75) is 77.0 Å². The zero-order valence-corrected chi connectivity index (χ0v) is 18.8. The normalized spacial score (nSPS) is 26.5. The van der Waals surface area contributed by atoms with Crippen molar-refractivity contribution >= 4 is 16.6 Å². The van der Waals surface area contributed by atoms with Crippen molar-refractivity contribution in [1.29, 1.82) is 5.26 Å². The zero-order valence-electron chi connectivity index (χ0n) is 18.8. The van der Waals surface area contributed by atoms with Crippen LogP contribution in [0, 0.1) is 16.7 Å². The number of benzene rings is 1. The molecule has 6 nitrogen and oxygen atoms in total. The largest absolute Gasteiger partial charge is 0.361 e. The second-order valence-electron chi connectivity index (χ2n) is 10.2. The molecule has 2 bridgehead atoms. The lowest BCUT2D eigenvalue weighted by Crippen LogP contribution is -2.53. The number of aryl methyl sites for hydroxylation is 1. The maximum atomic E-state index is 9.51. The van der Waals surface area contributed by atoms with Crippen molar-refractivity contribution in [3.63, 3.8) is 0 Å².